The molecule has 1 heterocycles. The van der Waals surface area contributed by atoms with E-state index in [2.05, 4.69) is 0 Å². The highest BCUT2D eigenvalue weighted by Crippen LogP contribution is 2.29. The minimum absolute atomic E-state index is 0.178. The lowest BCUT2D eigenvalue weighted by molar-refractivity contribution is -0.149. The van der Waals surface area contributed by atoms with Gasteiger partial charge in [-0.3, -0.25) is 4.79 Å². The molecule has 0 radical (unpaired) electrons. The van der Waals surface area contributed by atoms with Gasteiger partial charge in [-0.25, -0.2) is 0 Å². The normalized spacial score (nSPS) is 18.4. The largest absolute Gasteiger partial charge is 0.493 e. The van der Waals surface area contributed by atoms with Crippen LogP contribution >= 0.6 is 0 Å². The van der Waals surface area contributed by atoms with Gasteiger partial charge in [0.2, 0.25) is 5.43 Å². The van der Waals surface area contributed by atoms with Gasteiger partial charge in [-0.1, -0.05) is 12.1 Å². The molecule has 16 heavy (non-hydrogen) atoms. The lowest BCUT2D eigenvalue weighted by Crippen LogP contribution is -2.22. The Morgan fingerprint density at radius 3 is 2.62 bits per heavy atom. The van der Waals surface area contributed by atoms with E-state index in [9.17, 15) is 4.79 Å². The van der Waals surface area contributed by atoms with Crippen LogP contribution < -0.4 is 10.2 Å². The summed E-state index contributed by atoms with van der Waals surface area (Å²) in [6.45, 7) is 2.89. The van der Waals surface area contributed by atoms with Gasteiger partial charge in [-0.2, -0.15) is 0 Å². The van der Waals surface area contributed by atoms with Gasteiger partial charge < -0.3 is 14.2 Å². The zero-order chi connectivity index (χ0) is 11.6. The molecule has 0 aromatic heterocycles. The van der Waals surface area contributed by atoms with Gasteiger partial charge in [0.25, 0.3) is 0 Å². The fourth-order valence-corrected chi connectivity index (χ4v) is 1.71. The third kappa shape index (κ3) is 1.94. The Balaban J connectivity index is 2.47. The van der Waals surface area contributed by atoms with Gasteiger partial charge >= 0.3 is 0 Å². The Hall–Kier alpha value is -1.39. The fraction of sp³-hybridized carbons (Fsp3) is 0.417. The van der Waals surface area contributed by atoms with E-state index < -0.39 is 5.79 Å². The van der Waals surface area contributed by atoms with Gasteiger partial charge in [0.15, 0.2) is 11.5 Å². The highest BCUT2D eigenvalue weighted by atomic mass is 16.7. The molecule has 1 fully saturated rings. The Kier molecular flexibility index (Phi) is 2.94. The fourth-order valence-electron chi connectivity index (χ4n) is 1.71. The summed E-state index contributed by atoms with van der Waals surface area (Å²) in [5, 5.41) is 0. The van der Waals surface area contributed by atoms with E-state index in [0.29, 0.717) is 24.5 Å². The summed E-state index contributed by atoms with van der Waals surface area (Å²) in [7, 11) is 1.47. The number of methoxy groups -OCH3 is 1. The molecule has 2 rings (SSSR count). The summed E-state index contributed by atoms with van der Waals surface area (Å²) >= 11 is 0. The maximum absolute atomic E-state index is 11.7. The van der Waals surface area contributed by atoms with Crippen LogP contribution in [0, 0.1) is 0 Å². The van der Waals surface area contributed by atoms with Crippen molar-refractivity contribution in [1.29, 1.82) is 0 Å². The Morgan fingerprint density at radius 1 is 1.31 bits per heavy atom. The molecule has 1 aliphatic rings. The predicted octanol–water partition coefficient (Wildman–Crippen LogP) is 1.27. The van der Waals surface area contributed by atoms with Gasteiger partial charge in [-0.05, 0) is 19.1 Å². The Morgan fingerprint density at radius 2 is 2.00 bits per heavy atom. The van der Waals surface area contributed by atoms with Gasteiger partial charge in [0, 0.05) is 5.56 Å². The van der Waals surface area contributed by atoms with Crippen LogP contribution in [-0.2, 0) is 15.3 Å². The lowest BCUT2D eigenvalue weighted by atomic mass is 10.1. The first-order valence-electron chi connectivity index (χ1n) is 5.12. The van der Waals surface area contributed by atoms with Crippen LogP contribution in [0.5, 0.6) is 5.75 Å². The second-order valence-electron chi connectivity index (χ2n) is 3.70. The second-order valence-corrected chi connectivity index (χ2v) is 3.70. The van der Waals surface area contributed by atoms with Crippen LogP contribution in [0.25, 0.3) is 0 Å². The summed E-state index contributed by atoms with van der Waals surface area (Å²) in [5.74, 6) is -0.503. The van der Waals surface area contributed by atoms with Crippen molar-refractivity contribution >= 4 is 0 Å². The van der Waals surface area contributed by atoms with Crippen molar-refractivity contribution in [3.8, 4) is 5.75 Å². The summed E-state index contributed by atoms with van der Waals surface area (Å²) < 4.78 is 16.0. The second kappa shape index (κ2) is 4.23. The van der Waals surface area contributed by atoms with Crippen molar-refractivity contribution in [3.63, 3.8) is 0 Å². The molecule has 0 N–H and O–H groups in total. The van der Waals surface area contributed by atoms with E-state index >= 15 is 0 Å². The van der Waals surface area contributed by atoms with E-state index in [-0.39, 0.29) is 5.43 Å². The first-order valence-corrected chi connectivity index (χ1v) is 5.12. The maximum Gasteiger partial charge on any atom is 0.220 e. The first-order chi connectivity index (χ1) is 7.65. The van der Waals surface area contributed by atoms with Crippen LogP contribution in [-0.4, -0.2) is 20.3 Å². The number of hydrogen-bond acceptors (Lipinski definition) is 4. The Bertz CT molecular complexity index is 435. The van der Waals surface area contributed by atoms with E-state index in [0.717, 1.165) is 0 Å². The van der Waals surface area contributed by atoms with Gasteiger partial charge in [0.05, 0.1) is 20.3 Å². The van der Waals surface area contributed by atoms with Crippen molar-refractivity contribution in [1.82, 2.24) is 0 Å². The highest BCUT2D eigenvalue weighted by Gasteiger charge is 2.33. The third-order valence-electron chi connectivity index (χ3n) is 2.64. The van der Waals surface area contributed by atoms with Gasteiger partial charge in [0.1, 0.15) is 0 Å². The highest BCUT2D eigenvalue weighted by molar-refractivity contribution is 5.27. The molecule has 1 aliphatic heterocycles. The minimum Gasteiger partial charge on any atom is -0.493 e. The van der Waals surface area contributed by atoms with E-state index in [1.165, 1.54) is 13.2 Å². The summed E-state index contributed by atoms with van der Waals surface area (Å²) in [6, 6.07) is 6.68. The monoisotopic (exact) mass is 222 g/mol. The summed E-state index contributed by atoms with van der Waals surface area (Å²) in [5.41, 5.74) is 0.529. The molecule has 1 saturated heterocycles. The minimum atomic E-state index is -0.816. The van der Waals surface area contributed by atoms with Crippen LogP contribution in [0.4, 0.5) is 0 Å². The number of ether oxygens (including phenoxy) is 3. The summed E-state index contributed by atoms with van der Waals surface area (Å²) in [4.78, 5) is 11.7. The van der Waals surface area contributed by atoms with Crippen LogP contribution in [0.15, 0.2) is 29.1 Å². The quantitative estimate of drug-likeness (QED) is 0.756. The Labute approximate surface area is 93.8 Å². The van der Waals surface area contributed by atoms with Crippen LogP contribution in [0.2, 0.25) is 0 Å². The molecule has 1 aromatic carbocycles. The molecule has 0 spiro atoms. The molecule has 1 aromatic rings. The smallest absolute Gasteiger partial charge is 0.220 e. The van der Waals surface area contributed by atoms with Gasteiger partial charge in [-0.15, -0.1) is 0 Å². The molecular formula is C12H14O4. The molecule has 0 saturated carbocycles. The molecule has 0 unspecified atom stereocenters. The standard InChI is InChI=1S/C12H14O4/c1-12(15-6-7-16-12)9-4-3-5-11(14-2)10(13)8-9/h3-5,8H,6-7H2,1-2H3. The first kappa shape index (κ1) is 11.1. The molecule has 0 amide bonds. The van der Waals surface area contributed by atoms with Crippen LogP contribution in [0.1, 0.15) is 12.5 Å². The predicted molar refractivity (Wildman–Crippen MR) is 58.5 cm³/mol. The third-order valence-corrected chi connectivity index (χ3v) is 2.64. The van der Waals surface area contributed by atoms with E-state index in [4.69, 9.17) is 14.2 Å². The molecule has 0 atom stereocenters. The molecular weight excluding hydrogens is 208 g/mol. The zero-order valence-electron chi connectivity index (χ0n) is 9.36. The molecule has 4 heteroatoms. The number of hydrogen-bond donors (Lipinski definition) is 0. The SMILES string of the molecule is COc1cccc(C2(C)OCCO2)cc1=O. The van der Waals surface area contributed by atoms with Crippen molar-refractivity contribution in [2.45, 2.75) is 12.7 Å². The van der Waals surface area contributed by atoms with E-state index in [1.807, 2.05) is 0 Å². The molecule has 4 nitrogen and oxygen atoms in total. The average Bonchev–Trinajstić information content (AvgIpc) is 2.61. The lowest BCUT2D eigenvalue weighted by Gasteiger charge is -2.21. The zero-order valence-corrected chi connectivity index (χ0v) is 9.36. The number of rotatable bonds is 2. The maximum atomic E-state index is 11.7. The topological polar surface area (TPSA) is 44.8 Å². The molecule has 0 bridgehead atoms. The van der Waals surface area contributed by atoms with Crippen molar-refractivity contribution in [2.24, 2.45) is 0 Å². The van der Waals surface area contributed by atoms with Crippen molar-refractivity contribution in [3.05, 3.63) is 40.1 Å². The van der Waals surface area contributed by atoms with Crippen molar-refractivity contribution in [2.75, 3.05) is 20.3 Å². The van der Waals surface area contributed by atoms with E-state index in [1.54, 1.807) is 25.1 Å². The summed E-state index contributed by atoms with van der Waals surface area (Å²) in [6.07, 6.45) is 0. The molecule has 86 valence electrons. The average molecular weight is 222 g/mol. The van der Waals surface area contributed by atoms with Crippen LogP contribution in [0.3, 0.4) is 0 Å². The molecule has 0 aliphatic carbocycles. The van der Waals surface area contributed by atoms with Crippen molar-refractivity contribution < 1.29 is 14.2 Å².